The molecule has 2 N–H and O–H groups in total. The standard InChI is InChI=1S/C20H24N4O3/c1-12-4-5-16(19(26)27)11-17(12)23-18(25)15-6-8-24(9-7-15)20-21-13(2)10-14(3)22-20/h4-5,10-11,15H,6-9H2,1-3H3,(H,23,25)(H,26,27). The lowest BCUT2D eigenvalue weighted by Gasteiger charge is -2.31. The minimum Gasteiger partial charge on any atom is -0.478 e. The first kappa shape index (κ1) is 18.8. The molecule has 0 saturated carbocycles. The molecule has 2 heterocycles. The van der Waals surface area contributed by atoms with Crippen LogP contribution in [0.25, 0.3) is 0 Å². The number of carbonyl (C=O) groups is 2. The summed E-state index contributed by atoms with van der Waals surface area (Å²) < 4.78 is 0. The van der Waals surface area contributed by atoms with E-state index in [1.807, 2.05) is 26.8 Å². The molecule has 0 atom stereocenters. The summed E-state index contributed by atoms with van der Waals surface area (Å²) in [5.41, 5.74) is 3.43. The maximum Gasteiger partial charge on any atom is 0.335 e. The first-order chi connectivity index (χ1) is 12.8. The molecule has 1 aliphatic heterocycles. The summed E-state index contributed by atoms with van der Waals surface area (Å²) in [6.45, 7) is 7.18. The van der Waals surface area contributed by atoms with Gasteiger partial charge in [-0.05, 0) is 57.4 Å². The van der Waals surface area contributed by atoms with Crippen LogP contribution >= 0.6 is 0 Å². The van der Waals surface area contributed by atoms with E-state index < -0.39 is 5.97 Å². The van der Waals surface area contributed by atoms with Crippen molar-refractivity contribution in [2.45, 2.75) is 33.6 Å². The molecule has 27 heavy (non-hydrogen) atoms. The fraction of sp³-hybridized carbons (Fsp3) is 0.400. The number of hydrogen-bond acceptors (Lipinski definition) is 5. The van der Waals surface area contributed by atoms with Crippen molar-refractivity contribution < 1.29 is 14.7 Å². The normalized spacial score (nSPS) is 14.9. The molecule has 1 amide bonds. The third kappa shape index (κ3) is 4.42. The van der Waals surface area contributed by atoms with Crippen molar-refractivity contribution in [1.29, 1.82) is 0 Å². The van der Waals surface area contributed by atoms with Crippen molar-refractivity contribution >= 4 is 23.5 Å². The summed E-state index contributed by atoms with van der Waals surface area (Å²) in [6, 6.07) is 6.69. The highest BCUT2D eigenvalue weighted by Crippen LogP contribution is 2.24. The number of rotatable bonds is 4. The first-order valence-corrected chi connectivity index (χ1v) is 9.05. The van der Waals surface area contributed by atoms with Gasteiger partial charge in [0.2, 0.25) is 11.9 Å². The Labute approximate surface area is 158 Å². The fourth-order valence-electron chi connectivity index (χ4n) is 3.31. The molecule has 0 spiro atoms. The highest BCUT2D eigenvalue weighted by molar-refractivity contribution is 5.95. The predicted molar refractivity (Wildman–Crippen MR) is 103 cm³/mol. The van der Waals surface area contributed by atoms with Gasteiger partial charge in [-0.25, -0.2) is 14.8 Å². The Morgan fingerprint density at radius 3 is 2.30 bits per heavy atom. The van der Waals surface area contributed by atoms with Gasteiger partial charge in [0.15, 0.2) is 0 Å². The number of carboxylic acids is 1. The molecule has 7 nitrogen and oxygen atoms in total. The largest absolute Gasteiger partial charge is 0.478 e. The third-order valence-electron chi connectivity index (χ3n) is 4.86. The van der Waals surface area contributed by atoms with Gasteiger partial charge in [-0.3, -0.25) is 4.79 Å². The second-order valence-corrected chi connectivity index (χ2v) is 7.04. The summed E-state index contributed by atoms with van der Waals surface area (Å²) >= 11 is 0. The Balaban J connectivity index is 1.63. The van der Waals surface area contributed by atoms with Crippen LogP contribution in [0.15, 0.2) is 24.3 Å². The predicted octanol–water partition coefficient (Wildman–Crippen LogP) is 2.96. The number of carboxylic acid groups (broad SMARTS) is 1. The topological polar surface area (TPSA) is 95.4 Å². The summed E-state index contributed by atoms with van der Waals surface area (Å²) in [6.07, 6.45) is 1.42. The zero-order valence-corrected chi connectivity index (χ0v) is 15.8. The lowest BCUT2D eigenvalue weighted by molar-refractivity contribution is -0.120. The van der Waals surface area contributed by atoms with Crippen LogP contribution in [-0.2, 0) is 4.79 Å². The van der Waals surface area contributed by atoms with E-state index in [1.165, 1.54) is 12.1 Å². The smallest absolute Gasteiger partial charge is 0.335 e. The van der Waals surface area contributed by atoms with Crippen LogP contribution in [0, 0.1) is 26.7 Å². The number of amides is 1. The molecule has 1 fully saturated rings. The average Bonchev–Trinajstić information content (AvgIpc) is 2.62. The molecular formula is C20H24N4O3. The number of hydrogen-bond donors (Lipinski definition) is 2. The van der Waals surface area contributed by atoms with E-state index in [0.717, 1.165) is 36.0 Å². The lowest BCUT2D eigenvalue weighted by Crippen LogP contribution is -2.39. The quantitative estimate of drug-likeness (QED) is 0.861. The molecule has 1 aromatic carbocycles. The van der Waals surface area contributed by atoms with E-state index in [0.29, 0.717) is 18.5 Å². The SMILES string of the molecule is Cc1cc(C)nc(N2CCC(C(=O)Nc3cc(C(=O)O)ccc3C)CC2)n1. The van der Waals surface area contributed by atoms with Crippen molar-refractivity contribution in [1.82, 2.24) is 9.97 Å². The van der Waals surface area contributed by atoms with Gasteiger partial charge in [-0.2, -0.15) is 0 Å². The van der Waals surface area contributed by atoms with E-state index in [1.54, 1.807) is 6.07 Å². The van der Waals surface area contributed by atoms with E-state index >= 15 is 0 Å². The molecule has 1 aromatic heterocycles. The van der Waals surface area contributed by atoms with Gasteiger partial charge < -0.3 is 15.3 Å². The monoisotopic (exact) mass is 368 g/mol. The number of aryl methyl sites for hydroxylation is 3. The third-order valence-corrected chi connectivity index (χ3v) is 4.86. The van der Waals surface area contributed by atoms with Gasteiger partial charge >= 0.3 is 5.97 Å². The van der Waals surface area contributed by atoms with Gasteiger partial charge in [-0.15, -0.1) is 0 Å². The number of nitrogens with one attached hydrogen (secondary N) is 1. The molecule has 0 aliphatic carbocycles. The number of benzene rings is 1. The van der Waals surface area contributed by atoms with Crippen LogP contribution in [0.4, 0.5) is 11.6 Å². The number of nitrogens with zero attached hydrogens (tertiary/aromatic N) is 3. The van der Waals surface area contributed by atoms with Crippen LogP contribution in [0.5, 0.6) is 0 Å². The van der Waals surface area contributed by atoms with Crippen molar-refractivity contribution in [2.75, 3.05) is 23.3 Å². The average molecular weight is 368 g/mol. The second kappa shape index (κ2) is 7.73. The van der Waals surface area contributed by atoms with E-state index in [2.05, 4.69) is 20.2 Å². The van der Waals surface area contributed by atoms with Crippen LogP contribution in [0.3, 0.4) is 0 Å². The molecule has 142 valence electrons. The zero-order chi connectivity index (χ0) is 19.6. The summed E-state index contributed by atoms with van der Waals surface area (Å²) in [7, 11) is 0. The molecule has 2 aromatic rings. The van der Waals surface area contributed by atoms with Gasteiger partial charge in [0, 0.05) is 36.1 Å². The molecule has 7 heteroatoms. The van der Waals surface area contributed by atoms with Crippen molar-refractivity contribution in [2.24, 2.45) is 5.92 Å². The number of carbonyl (C=O) groups excluding carboxylic acids is 1. The van der Waals surface area contributed by atoms with Crippen molar-refractivity contribution in [3.63, 3.8) is 0 Å². The highest BCUT2D eigenvalue weighted by Gasteiger charge is 2.26. The van der Waals surface area contributed by atoms with Crippen LogP contribution in [0.1, 0.15) is 40.2 Å². The Bertz CT molecular complexity index is 853. The number of aromatic carboxylic acids is 1. The Hall–Kier alpha value is -2.96. The van der Waals surface area contributed by atoms with Gasteiger partial charge in [-0.1, -0.05) is 6.07 Å². The number of aromatic nitrogens is 2. The second-order valence-electron chi connectivity index (χ2n) is 7.04. The summed E-state index contributed by atoms with van der Waals surface area (Å²) in [5.74, 6) is -0.467. The van der Waals surface area contributed by atoms with Gasteiger partial charge in [0.25, 0.3) is 0 Å². The lowest BCUT2D eigenvalue weighted by atomic mass is 9.95. The van der Waals surface area contributed by atoms with Crippen LogP contribution < -0.4 is 10.2 Å². The van der Waals surface area contributed by atoms with E-state index in [9.17, 15) is 9.59 Å². The zero-order valence-electron chi connectivity index (χ0n) is 15.8. The first-order valence-electron chi connectivity index (χ1n) is 9.05. The molecular weight excluding hydrogens is 344 g/mol. The molecule has 0 radical (unpaired) electrons. The molecule has 1 aliphatic rings. The van der Waals surface area contributed by atoms with E-state index in [-0.39, 0.29) is 17.4 Å². The fourth-order valence-corrected chi connectivity index (χ4v) is 3.31. The minimum atomic E-state index is -1.01. The van der Waals surface area contributed by atoms with Crippen LogP contribution in [0.2, 0.25) is 0 Å². The number of piperidine rings is 1. The maximum absolute atomic E-state index is 12.6. The molecule has 0 unspecified atom stereocenters. The van der Waals surface area contributed by atoms with Crippen molar-refractivity contribution in [3.8, 4) is 0 Å². The van der Waals surface area contributed by atoms with Crippen molar-refractivity contribution in [3.05, 3.63) is 46.8 Å². The Morgan fingerprint density at radius 1 is 1.07 bits per heavy atom. The van der Waals surface area contributed by atoms with Gasteiger partial charge in [0.05, 0.1) is 5.56 Å². The maximum atomic E-state index is 12.6. The Morgan fingerprint density at radius 2 is 1.70 bits per heavy atom. The highest BCUT2D eigenvalue weighted by atomic mass is 16.4. The Kier molecular flexibility index (Phi) is 5.39. The van der Waals surface area contributed by atoms with Gasteiger partial charge in [0.1, 0.15) is 0 Å². The van der Waals surface area contributed by atoms with Crippen LogP contribution in [-0.4, -0.2) is 40.0 Å². The minimum absolute atomic E-state index is 0.0679. The van der Waals surface area contributed by atoms with E-state index in [4.69, 9.17) is 5.11 Å². The summed E-state index contributed by atoms with van der Waals surface area (Å²) in [4.78, 5) is 34.9. The molecule has 0 bridgehead atoms. The molecule has 1 saturated heterocycles. The number of anilines is 2. The summed E-state index contributed by atoms with van der Waals surface area (Å²) in [5, 5.41) is 12.0. The molecule has 3 rings (SSSR count).